The van der Waals surface area contributed by atoms with Crippen LogP contribution in [0.25, 0.3) is 0 Å². The number of carbonyl (C=O) groups is 1. The zero-order valence-electron chi connectivity index (χ0n) is 15.4. The number of likely N-dealkylation sites (N-methyl/N-ethyl adjacent to an activating group) is 1. The van der Waals surface area contributed by atoms with Crippen LogP contribution in [0.5, 0.6) is 5.75 Å². The summed E-state index contributed by atoms with van der Waals surface area (Å²) in [6.45, 7) is 2.23. The molecule has 2 aromatic rings. The van der Waals surface area contributed by atoms with Gasteiger partial charge in [-0.15, -0.1) is 5.10 Å². The molecule has 0 radical (unpaired) electrons. The topological polar surface area (TPSA) is 81.5 Å². The maximum atomic E-state index is 12.5. The summed E-state index contributed by atoms with van der Waals surface area (Å²) in [6.07, 6.45) is 1.92. The molecule has 0 aliphatic carbocycles. The van der Waals surface area contributed by atoms with Crippen molar-refractivity contribution >= 4 is 5.91 Å². The standard InChI is InChI=1S/C18H25N5O3/c1-22(10-13-6-4-5-7-16(13)25-2)18(24)12-23-11-15(20-21-23)14-8-19-9-17(14)26-3/h4-7,11,14,17,19H,8-10,12H2,1-3H3/t14-,17+/m0/s1. The summed E-state index contributed by atoms with van der Waals surface area (Å²) in [5, 5.41) is 11.6. The largest absolute Gasteiger partial charge is 0.496 e. The summed E-state index contributed by atoms with van der Waals surface area (Å²) in [5.41, 5.74) is 1.81. The fourth-order valence-corrected chi connectivity index (χ4v) is 3.19. The predicted molar refractivity (Wildman–Crippen MR) is 95.9 cm³/mol. The molecule has 1 fully saturated rings. The van der Waals surface area contributed by atoms with Crippen LogP contribution in [0, 0.1) is 0 Å². The fourth-order valence-electron chi connectivity index (χ4n) is 3.19. The quantitative estimate of drug-likeness (QED) is 0.782. The van der Waals surface area contributed by atoms with Crippen LogP contribution in [-0.2, 0) is 22.6 Å². The molecule has 1 aromatic heterocycles. The van der Waals surface area contributed by atoms with Crippen molar-refractivity contribution in [2.45, 2.75) is 25.1 Å². The van der Waals surface area contributed by atoms with Gasteiger partial charge >= 0.3 is 0 Å². The molecule has 3 rings (SSSR count). The SMILES string of the molecule is COc1ccccc1CN(C)C(=O)Cn1cc([C@@H]2CNC[C@H]2OC)nn1. The minimum Gasteiger partial charge on any atom is -0.496 e. The Bertz CT molecular complexity index is 748. The van der Waals surface area contributed by atoms with Crippen LogP contribution in [-0.4, -0.2) is 66.3 Å². The maximum absolute atomic E-state index is 12.5. The van der Waals surface area contributed by atoms with Crippen LogP contribution < -0.4 is 10.1 Å². The molecule has 26 heavy (non-hydrogen) atoms. The number of aromatic nitrogens is 3. The third-order valence-corrected chi connectivity index (χ3v) is 4.72. The van der Waals surface area contributed by atoms with E-state index in [1.165, 1.54) is 0 Å². The van der Waals surface area contributed by atoms with E-state index in [0.717, 1.165) is 30.1 Å². The van der Waals surface area contributed by atoms with Crippen LogP contribution in [0.1, 0.15) is 17.2 Å². The highest BCUT2D eigenvalue weighted by Gasteiger charge is 2.30. The number of rotatable bonds is 7. The van der Waals surface area contributed by atoms with E-state index < -0.39 is 0 Å². The molecule has 0 unspecified atom stereocenters. The Morgan fingerprint density at radius 1 is 1.35 bits per heavy atom. The van der Waals surface area contributed by atoms with Gasteiger partial charge in [-0.3, -0.25) is 4.79 Å². The summed E-state index contributed by atoms with van der Waals surface area (Å²) >= 11 is 0. The predicted octanol–water partition coefficient (Wildman–Crippen LogP) is 0.647. The summed E-state index contributed by atoms with van der Waals surface area (Å²) in [4.78, 5) is 14.2. The number of nitrogens with one attached hydrogen (secondary N) is 1. The summed E-state index contributed by atoms with van der Waals surface area (Å²) < 4.78 is 12.4. The number of ether oxygens (including phenoxy) is 2. The fraction of sp³-hybridized carbons (Fsp3) is 0.500. The second kappa shape index (κ2) is 8.29. The number of benzene rings is 1. The molecule has 1 N–H and O–H groups in total. The molecule has 1 aromatic carbocycles. The molecule has 0 bridgehead atoms. The third-order valence-electron chi connectivity index (χ3n) is 4.72. The number of amides is 1. The monoisotopic (exact) mass is 359 g/mol. The summed E-state index contributed by atoms with van der Waals surface area (Å²) in [6, 6.07) is 7.68. The van der Waals surface area contributed by atoms with Crippen molar-refractivity contribution in [1.82, 2.24) is 25.2 Å². The molecule has 8 heteroatoms. The molecule has 0 spiro atoms. The van der Waals surface area contributed by atoms with Gasteiger partial charge in [-0.1, -0.05) is 23.4 Å². The number of nitrogens with zero attached hydrogens (tertiary/aromatic N) is 4. The highest BCUT2D eigenvalue weighted by Crippen LogP contribution is 2.23. The second-order valence-electron chi connectivity index (χ2n) is 6.44. The van der Waals surface area contributed by atoms with Crippen molar-refractivity contribution in [3.63, 3.8) is 0 Å². The van der Waals surface area contributed by atoms with Crippen molar-refractivity contribution in [3.8, 4) is 5.75 Å². The second-order valence-corrected chi connectivity index (χ2v) is 6.44. The molecule has 1 amide bonds. The van der Waals surface area contributed by atoms with Crippen LogP contribution >= 0.6 is 0 Å². The molecule has 8 nitrogen and oxygen atoms in total. The lowest BCUT2D eigenvalue weighted by Crippen LogP contribution is -2.30. The van der Waals surface area contributed by atoms with E-state index in [2.05, 4.69) is 15.6 Å². The Hall–Kier alpha value is -2.45. The molecule has 2 heterocycles. The number of para-hydroxylation sites is 1. The molecule has 1 aliphatic heterocycles. The van der Waals surface area contributed by atoms with Gasteiger partial charge < -0.3 is 19.7 Å². The zero-order chi connectivity index (χ0) is 18.5. The Balaban J connectivity index is 1.61. The van der Waals surface area contributed by atoms with E-state index in [9.17, 15) is 4.79 Å². The number of hydrogen-bond donors (Lipinski definition) is 1. The van der Waals surface area contributed by atoms with Gasteiger partial charge in [0.05, 0.1) is 18.9 Å². The maximum Gasteiger partial charge on any atom is 0.244 e. The van der Waals surface area contributed by atoms with Crippen molar-refractivity contribution in [3.05, 3.63) is 41.7 Å². The highest BCUT2D eigenvalue weighted by atomic mass is 16.5. The Morgan fingerprint density at radius 3 is 2.92 bits per heavy atom. The van der Waals surface area contributed by atoms with Crippen LogP contribution in [0.3, 0.4) is 0 Å². The van der Waals surface area contributed by atoms with Gasteiger partial charge in [-0.25, -0.2) is 4.68 Å². The highest BCUT2D eigenvalue weighted by molar-refractivity contribution is 5.75. The molecule has 140 valence electrons. The summed E-state index contributed by atoms with van der Waals surface area (Å²) in [5.74, 6) is 0.893. The van der Waals surface area contributed by atoms with Gasteiger partial charge in [-0.2, -0.15) is 0 Å². The minimum atomic E-state index is -0.0415. The summed E-state index contributed by atoms with van der Waals surface area (Å²) in [7, 11) is 5.10. The number of carbonyl (C=O) groups excluding carboxylic acids is 1. The molecule has 0 saturated carbocycles. The lowest BCUT2D eigenvalue weighted by Gasteiger charge is -2.18. The number of hydrogen-bond acceptors (Lipinski definition) is 6. The molecule has 1 aliphatic rings. The van der Waals surface area contributed by atoms with Gasteiger partial charge in [0.25, 0.3) is 0 Å². The third kappa shape index (κ3) is 4.03. The van der Waals surface area contributed by atoms with E-state index in [-0.39, 0.29) is 24.5 Å². The molecule has 2 atom stereocenters. The average Bonchev–Trinajstić information content (AvgIpc) is 3.30. The van der Waals surface area contributed by atoms with E-state index in [1.54, 1.807) is 30.8 Å². The van der Waals surface area contributed by atoms with Gasteiger partial charge in [0.1, 0.15) is 12.3 Å². The van der Waals surface area contributed by atoms with Crippen molar-refractivity contribution < 1.29 is 14.3 Å². The van der Waals surface area contributed by atoms with Gasteiger partial charge in [-0.05, 0) is 6.07 Å². The normalized spacial score (nSPS) is 19.5. The van der Waals surface area contributed by atoms with Crippen LogP contribution in [0.2, 0.25) is 0 Å². The van der Waals surface area contributed by atoms with Gasteiger partial charge in [0.15, 0.2) is 0 Å². The Labute approximate surface area is 153 Å². The first kappa shape index (κ1) is 18.3. The van der Waals surface area contributed by atoms with Crippen molar-refractivity contribution in [2.75, 3.05) is 34.4 Å². The first-order valence-electron chi connectivity index (χ1n) is 8.61. The van der Waals surface area contributed by atoms with Gasteiger partial charge in [0, 0.05) is 51.5 Å². The zero-order valence-corrected chi connectivity index (χ0v) is 15.4. The van der Waals surface area contributed by atoms with E-state index in [4.69, 9.17) is 9.47 Å². The lowest BCUT2D eigenvalue weighted by molar-refractivity contribution is -0.131. The van der Waals surface area contributed by atoms with Gasteiger partial charge in [0.2, 0.25) is 5.91 Å². The van der Waals surface area contributed by atoms with Crippen LogP contribution in [0.15, 0.2) is 30.5 Å². The van der Waals surface area contributed by atoms with Crippen molar-refractivity contribution in [2.24, 2.45) is 0 Å². The average molecular weight is 359 g/mol. The first-order chi connectivity index (χ1) is 12.6. The Kier molecular flexibility index (Phi) is 5.85. The van der Waals surface area contributed by atoms with E-state index >= 15 is 0 Å². The van der Waals surface area contributed by atoms with E-state index in [0.29, 0.717) is 6.54 Å². The first-order valence-corrected chi connectivity index (χ1v) is 8.61. The van der Waals surface area contributed by atoms with Crippen molar-refractivity contribution in [1.29, 1.82) is 0 Å². The van der Waals surface area contributed by atoms with Crippen LogP contribution in [0.4, 0.5) is 0 Å². The lowest BCUT2D eigenvalue weighted by atomic mass is 10.0. The minimum absolute atomic E-state index is 0.0415. The Morgan fingerprint density at radius 2 is 2.15 bits per heavy atom. The molecular weight excluding hydrogens is 334 g/mol. The molecular formula is C18H25N5O3. The van der Waals surface area contributed by atoms with E-state index in [1.807, 2.05) is 30.5 Å². The number of methoxy groups -OCH3 is 2. The smallest absolute Gasteiger partial charge is 0.244 e. The molecule has 1 saturated heterocycles.